The molecular formula is C46H36N2O4. The topological polar surface area (TPSA) is 77.3 Å². The minimum atomic E-state index is -0.530. The Labute approximate surface area is 302 Å². The molecule has 254 valence electrons. The summed E-state index contributed by atoms with van der Waals surface area (Å²) in [6, 6.07) is 49.6. The van der Waals surface area contributed by atoms with Crippen molar-refractivity contribution in [1.82, 2.24) is 0 Å². The molecule has 52 heavy (non-hydrogen) atoms. The lowest BCUT2D eigenvalue weighted by Gasteiger charge is -2.10. The Balaban J connectivity index is 0.911. The molecule has 6 heteroatoms. The molecule has 0 aliphatic heterocycles. The summed E-state index contributed by atoms with van der Waals surface area (Å²) in [6.45, 7) is 4.14. The monoisotopic (exact) mass is 680 g/mol. The molecule has 0 unspecified atom stereocenters. The van der Waals surface area contributed by atoms with Crippen molar-refractivity contribution < 1.29 is 19.1 Å². The van der Waals surface area contributed by atoms with Crippen LogP contribution in [0.2, 0.25) is 0 Å². The normalized spacial score (nSPS) is 12.7. The van der Waals surface area contributed by atoms with E-state index in [0.29, 0.717) is 22.6 Å². The van der Waals surface area contributed by atoms with E-state index in [2.05, 4.69) is 74.5 Å². The van der Waals surface area contributed by atoms with Gasteiger partial charge in [-0.25, -0.2) is 9.59 Å². The fourth-order valence-electron chi connectivity index (χ4n) is 6.10. The van der Waals surface area contributed by atoms with Crippen LogP contribution in [-0.4, -0.2) is 24.4 Å². The maximum atomic E-state index is 12.8. The zero-order valence-electron chi connectivity index (χ0n) is 28.8. The summed E-state index contributed by atoms with van der Waals surface area (Å²) < 4.78 is 11.1. The van der Waals surface area contributed by atoms with Gasteiger partial charge in [-0.05, 0) is 130 Å². The van der Waals surface area contributed by atoms with Crippen LogP contribution in [0, 0.1) is 0 Å². The molecule has 7 aromatic rings. The van der Waals surface area contributed by atoms with Crippen LogP contribution in [0.5, 0.6) is 11.5 Å². The first-order chi connectivity index (χ1) is 25.4. The first kappa shape index (κ1) is 33.8. The van der Waals surface area contributed by atoms with Gasteiger partial charge in [0.05, 0.1) is 23.2 Å². The fourth-order valence-corrected chi connectivity index (χ4v) is 6.10. The molecule has 0 aliphatic rings. The molecule has 2 atom stereocenters. The molecule has 6 nitrogen and oxygen atoms in total. The fraction of sp³-hybridized carbons (Fsp3) is 0.0870. The van der Waals surface area contributed by atoms with Gasteiger partial charge in [-0.15, -0.1) is 0 Å². The summed E-state index contributed by atoms with van der Waals surface area (Å²) in [5.74, 6) is -0.246. The highest BCUT2D eigenvalue weighted by molar-refractivity contribution is 5.95. The summed E-state index contributed by atoms with van der Waals surface area (Å²) in [6.07, 6.45) is 3.65. The van der Waals surface area contributed by atoms with Gasteiger partial charge >= 0.3 is 11.9 Å². The SMILES string of the molecule is C[C@@H](N=Cc1ccc(OC(=O)c2ccc(C(=O)Oc3ccc(C=N[C@H](C)c4cccc5ccccc45)cc3)cc2)cc1)c1cccc2ccccc12. The highest BCUT2D eigenvalue weighted by atomic mass is 16.5. The second-order valence-electron chi connectivity index (χ2n) is 12.5. The predicted molar refractivity (Wildman–Crippen MR) is 209 cm³/mol. The second kappa shape index (κ2) is 15.5. The number of hydrogen-bond acceptors (Lipinski definition) is 6. The van der Waals surface area contributed by atoms with Crippen molar-refractivity contribution in [1.29, 1.82) is 0 Å². The van der Waals surface area contributed by atoms with E-state index in [0.717, 1.165) is 22.3 Å². The van der Waals surface area contributed by atoms with Crippen LogP contribution in [0.25, 0.3) is 21.5 Å². The lowest BCUT2D eigenvalue weighted by molar-refractivity contribution is 0.0720. The molecule has 0 heterocycles. The number of aliphatic imine (C=N–C) groups is 2. The molecule has 0 N–H and O–H groups in total. The van der Waals surface area contributed by atoms with Gasteiger partial charge in [-0.2, -0.15) is 0 Å². The van der Waals surface area contributed by atoms with E-state index in [1.165, 1.54) is 21.5 Å². The predicted octanol–water partition coefficient (Wildman–Crippen LogP) is 10.8. The number of nitrogens with zero attached hydrogens (tertiary/aromatic N) is 2. The van der Waals surface area contributed by atoms with Crippen molar-refractivity contribution in [3.63, 3.8) is 0 Å². The van der Waals surface area contributed by atoms with Crippen LogP contribution in [0.15, 0.2) is 168 Å². The number of ether oxygens (including phenoxy) is 2. The highest BCUT2D eigenvalue weighted by Crippen LogP contribution is 2.28. The number of esters is 2. The van der Waals surface area contributed by atoms with Gasteiger partial charge in [-0.1, -0.05) is 84.9 Å². The van der Waals surface area contributed by atoms with Crippen LogP contribution in [-0.2, 0) is 0 Å². The van der Waals surface area contributed by atoms with Gasteiger partial charge in [0, 0.05) is 12.4 Å². The third-order valence-corrected chi connectivity index (χ3v) is 8.98. The molecule has 0 aliphatic carbocycles. The molecule has 0 fully saturated rings. The average molecular weight is 681 g/mol. The number of benzene rings is 7. The Kier molecular flexibility index (Phi) is 10.1. The van der Waals surface area contributed by atoms with E-state index >= 15 is 0 Å². The van der Waals surface area contributed by atoms with Gasteiger partial charge in [0.2, 0.25) is 0 Å². The maximum absolute atomic E-state index is 12.8. The van der Waals surface area contributed by atoms with Gasteiger partial charge in [0.25, 0.3) is 0 Å². The molecule has 0 saturated carbocycles. The summed E-state index contributed by atoms with van der Waals surface area (Å²) in [5.41, 5.74) is 4.74. The number of fused-ring (bicyclic) bond motifs is 2. The standard InChI is InChI=1S/C46H36N2O4/c1-31(41-15-7-11-35-9-3-5-13-43(35)41)47-29-33-17-25-39(26-18-33)51-45(49)37-21-23-38(24-22-37)46(50)52-40-27-19-34(20-28-40)30-48-32(2)42-16-8-12-36-10-4-6-14-44(36)42/h3-32H,1-2H3/t31-,32-/m1/s1. The summed E-state index contributed by atoms with van der Waals surface area (Å²) in [5, 5.41) is 4.76. The number of rotatable bonds is 10. The van der Waals surface area contributed by atoms with Crippen LogP contribution in [0.3, 0.4) is 0 Å². The number of carbonyl (C=O) groups is 2. The third kappa shape index (κ3) is 7.87. The Morgan fingerprint density at radius 2 is 0.827 bits per heavy atom. The van der Waals surface area contributed by atoms with Gasteiger partial charge in [0.1, 0.15) is 11.5 Å². The lowest BCUT2D eigenvalue weighted by atomic mass is 10.00. The van der Waals surface area contributed by atoms with E-state index in [9.17, 15) is 9.59 Å². The second-order valence-corrected chi connectivity index (χ2v) is 12.5. The minimum Gasteiger partial charge on any atom is -0.423 e. The van der Waals surface area contributed by atoms with Crippen molar-refractivity contribution in [3.8, 4) is 11.5 Å². The largest absolute Gasteiger partial charge is 0.423 e. The van der Waals surface area contributed by atoms with Crippen LogP contribution in [0.1, 0.15) is 68.9 Å². The van der Waals surface area contributed by atoms with Gasteiger partial charge in [-0.3, -0.25) is 9.98 Å². The Hall–Kier alpha value is -6.66. The minimum absolute atomic E-state index is 0.0225. The first-order valence-electron chi connectivity index (χ1n) is 17.2. The van der Waals surface area contributed by atoms with Gasteiger partial charge in [0.15, 0.2) is 0 Å². The third-order valence-electron chi connectivity index (χ3n) is 8.98. The first-order valence-corrected chi connectivity index (χ1v) is 17.2. The molecule has 7 aromatic carbocycles. The average Bonchev–Trinajstić information content (AvgIpc) is 3.19. The summed E-state index contributed by atoms with van der Waals surface area (Å²) >= 11 is 0. The van der Waals surface area contributed by atoms with E-state index in [4.69, 9.17) is 19.5 Å². The van der Waals surface area contributed by atoms with E-state index < -0.39 is 11.9 Å². The molecule has 0 aromatic heterocycles. The molecule has 0 bridgehead atoms. The Morgan fingerprint density at radius 1 is 0.462 bits per heavy atom. The Bertz CT molecular complexity index is 2230. The van der Waals surface area contributed by atoms with Gasteiger partial charge < -0.3 is 9.47 Å². The Morgan fingerprint density at radius 3 is 1.23 bits per heavy atom. The number of hydrogen-bond donors (Lipinski definition) is 0. The van der Waals surface area contributed by atoms with E-state index in [1.807, 2.05) is 61.0 Å². The highest BCUT2D eigenvalue weighted by Gasteiger charge is 2.14. The van der Waals surface area contributed by atoms with Crippen LogP contribution >= 0.6 is 0 Å². The zero-order chi connectivity index (χ0) is 35.9. The quantitative estimate of drug-likeness (QED) is 0.0818. The van der Waals surface area contributed by atoms with Crippen molar-refractivity contribution in [2.45, 2.75) is 25.9 Å². The van der Waals surface area contributed by atoms with Crippen molar-refractivity contribution >= 4 is 45.9 Å². The van der Waals surface area contributed by atoms with Crippen molar-refractivity contribution in [2.75, 3.05) is 0 Å². The summed E-state index contributed by atoms with van der Waals surface area (Å²) in [7, 11) is 0. The zero-order valence-corrected chi connectivity index (χ0v) is 28.8. The van der Waals surface area contributed by atoms with E-state index in [-0.39, 0.29) is 12.1 Å². The van der Waals surface area contributed by atoms with Crippen LogP contribution in [0.4, 0.5) is 0 Å². The summed E-state index contributed by atoms with van der Waals surface area (Å²) in [4.78, 5) is 35.2. The van der Waals surface area contributed by atoms with Crippen molar-refractivity contribution in [3.05, 3.63) is 191 Å². The molecule has 0 spiro atoms. The van der Waals surface area contributed by atoms with Crippen molar-refractivity contribution in [2.24, 2.45) is 9.98 Å². The lowest BCUT2D eigenvalue weighted by Crippen LogP contribution is -2.11. The number of carbonyl (C=O) groups excluding carboxylic acids is 2. The molecule has 0 radical (unpaired) electrons. The molecule has 7 rings (SSSR count). The van der Waals surface area contributed by atoms with E-state index in [1.54, 1.807) is 48.5 Å². The molecular weight excluding hydrogens is 645 g/mol. The maximum Gasteiger partial charge on any atom is 0.343 e. The smallest absolute Gasteiger partial charge is 0.343 e. The van der Waals surface area contributed by atoms with Crippen LogP contribution < -0.4 is 9.47 Å². The molecule has 0 saturated heterocycles. The molecule has 0 amide bonds.